The molecule has 3 aromatic heterocycles. The number of halogens is 9. The zero-order valence-electron chi connectivity index (χ0n) is 22.1. The summed E-state index contributed by atoms with van der Waals surface area (Å²) in [7, 11) is 0. The van der Waals surface area contributed by atoms with Crippen molar-refractivity contribution in [3.05, 3.63) is 80.6 Å². The summed E-state index contributed by atoms with van der Waals surface area (Å²) in [5.41, 5.74) is -5.75. The van der Waals surface area contributed by atoms with E-state index in [2.05, 4.69) is 25.1 Å². The molecule has 1 atom stereocenters. The van der Waals surface area contributed by atoms with Gasteiger partial charge in [0.25, 0.3) is 11.1 Å². The average Bonchev–Trinajstić information content (AvgIpc) is 2.93. The first-order valence-corrected chi connectivity index (χ1v) is 12.7. The molecular formula is C26H21F9N6O3. The number of aromatic amines is 1. The van der Waals surface area contributed by atoms with Crippen LogP contribution >= 0.6 is 0 Å². The fraction of sp³-hybridized carbons (Fsp3) is 0.346. The SMILES string of the molecule is O=c1[nH]ncc(N[C@H](CCCn2ccc3cc(-c4ncc(C(F)(F)F)cn4)c(F)cc3c2=O)CCOC(F)F)c1C(F)(F)F. The van der Waals surface area contributed by atoms with Crippen molar-refractivity contribution >= 4 is 16.5 Å². The highest BCUT2D eigenvalue weighted by molar-refractivity contribution is 5.86. The maximum atomic E-state index is 14.9. The molecule has 4 rings (SSSR count). The van der Waals surface area contributed by atoms with Crippen LogP contribution in [0.4, 0.5) is 45.2 Å². The second-order valence-electron chi connectivity index (χ2n) is 9.42. The van der Waals surface area contributed by atoms with Crippen molar-refractivity contribution in [2.45, 2.75) is 50.8 Å². The molecular weight excluding hydrogens is 615 g/mol. The predicted octanol–water partition coefficient (Wildman–Crippen LogP) is 5.61. The number of nitrogens with one attached hydrogen (secondary N) is 2. The van der Waals surface area contributed by atoms with Gasteiger partial charge in [0.1, 0.15) is 11.4 Å². The molecule has 1 aromatic carbocycles. The molecule has 0 aliphatic heterocycles. The molecule has 9 nitrogen and oxygen atoms in total. The Morgan fingerprint density at radius 2 is 1.68 bits per heavy atom. The number of fused-ring (bicyclic) bond motifs is 1. The van der Waals surface area contributed by atoms with Crippen molar-refractivity contribution in [2.75, 3.05) is 11.9 Å². The molecule has 0 fully saturated rings. The molecule has 0 saturated heterocycles. The molecule has 3 heterocycles. The number of anilines is 1. The van der Waals surface area contributed by atoms with E-state index in [-0.39, 0.29) is 48.0 Å². The summed E-state index contributed by atoms with van der Waals surface area (Å²) in [5.74, 6) is -1.30. The molecule has 2 N–H and O–H groups in total. The van der Waals surface area contributed by atoms with Gasteiger partial charge in [0.15, 0.2) is 5.82 Å². The van der Waals surface area contributed by atoms with Crippen LogP contribution < -0.4 is 16.4 Å². The number of aryl methyl sites for hydroxylation is 1. The minimum atomic E-state index is -5.05. The van der Waals surface area contributed by atoms with Gasteiger partial charge in [0, 0.05) is 31.2 Å². The van der Waals surface area contributed by atoms with Crippen LogP contribution in [-0.2, 0) is 23.6 Å². The van der Waals surface area contributed by atoms with E-state index in [1.165, 1.54) is 22.9 Å². The van der Waals surface area contributed by atoms with Crippen LogP contribution in [0.2, 0.25) is 0 Å². The summed E-state index contributed by atoms with van der Waals surface area (Å²) in [5, 5.41) is 7.70. The Kier molecular flexibility index (Phi) is 9.60. The normalized spacial score (nSPS) is 13.0. The summed E-state index contributed by atoms with van der Waals surface area (Å²) in [6.45, 7) is -3.67. The number of hydrogen-bond acceptors (Lipinski definition) is 7. The van der Waals surface area contributed by atoms with Crippen molar-refractivity contribution in [3.8, 4) is 11.4 Å². The first-order chi connectivity index (χ1) is 20.6. The Morgan fingerprint density at radius 1 is 0.977 bits per heavy atom. The number of ether oxygens (including phenoxy) is 1. The van der Waals surface area contributed by atoms with Gasteiger partial charge in [-0.2, -0.15) is 40.2 Å². The maximum absolute atomic E-state index is 14.9. The Morgan fingerprint density at radius 3 is 2.32 bits per heavy atom. The van der Waals surface area contributed by atoms with Crippen LogP contribution in [-0.4, -0.2) is 44.0 Å². The number of rotatable bonds is 11. The molecule has 0 bridgehead atoms. The topological polar surface area (TPSA) is 115 Å². The number of H-pyrrole nitrogens is 1. The van der Waals surface area contributed by atoms with Crippen LogP contribution in [0.1, 0.15) is 30.4 Å². The van der Waals surface area contributed by atoms with Crippen molar-refractivity contribution in [1.82, 2.24) is 24.7 Å². The van der Waals surface area contributed by atoms with Crippen LogP contribution in [0, 0.1) is 5.82 Å². The first-order valence-electron chi connectivity index (χ1n) is 12.7. The smallest absolute Gasteiger partial charge is 0.380 e. The van der Waals surface area contributed by atoms with Crippen molar-refractivity contribution in [2.24, 2.45) is 0 Å². The number of aromatic nitrogens is 5. The fourth-order valence-corrected chi connectivity index (χ4v) is 4.37. The molecule has 44 heavy (non-hydrogen) atoms. The molecule has 0 aliphatic rings. The molecule has 0 spiro atoms. The third kappa shape index (κ3) is 7.72. The van der Waals surface area contributed by atoms with E-state index in [4.69, 9.17) is 0 Å². The van der Waals surface area contributed by atoms with E-state index in [1.807, 2.05) is 0 Å². The number of nitrogens with zero attached hydrogens (tertiary/aromatic N) is 4. The summed E-state index contributed by atoms with van der Waals surface area (Å²) >= 11 is 0. The third-order valence-corrected chi connectivity index (χ3v) is 6.45. The molecule has 0 amide bonds. The van der Waals surface area contributed by atoms with Gasteiger partial charge in [0.2, 0.25) is 0 Å². The maximum Gasteiger partial charge on any atom is 0.423 e. The quantitative estimate of drug-likeness (QED) is 0.206. The van der Waals surface area contributed by atoms with Crippen molar-refractivity contribution in [1.29, 1.82) is 0 Å². The zero-order valence-corrected chi connectivity index (χ0v) is 22.1. The molecule has 18 heteroatoms. The van der Waals surface area contributed by atoms with Crippen LogP contribution in [0.5, 0.6) is 0 Å². The van der Waals surface area contributed by atoms with Crippen LogP contribution in [0.3, 0.4) is 0 Å². The number of alkyl halides is 8. The van der Waals surface area contributed by atoms with E-state index in [0.717, 1.165) is 12.3 Å². The van der Waals surface area contributed by atoms with Gasteiger partial charge in [0.05, 0.1) is 35.0 Å². The van der Waals surface area contributed by atoms with Gasteiger partial charge in [-0.3, -0.25) is 9.59 Å². The molecule has 236 valence electrons. The summed E-state index contributed by atoms with van der Waals surface area (Å²) in [4.78, 5) is 32.0. The molecule has 0 aliphatic carbocycles. The lowest BCUT2D eigenvalue weighted by Gasteiger charge is -2.22. The number of benzene rings is 1. The predicted molar refractivity (Wildman–Crippen MR) is 137 cm³/mol. The van der Waals surface area contributed by atoms with Gasteiger partial charge in [-0.1, -0.05) is 0 Å². The van der Waals surface area contributed by atoms with Crippen LogP contribution in [0.15, 0.2) is 52.6 Å². The third-order valence-electron chi connectivity index (χ3n) is 6.45. The number of hydrogen-bond donors (Lipinski definition) is 2. The average molecular weight is 636 g/mol. The zero-order chi connectivity index (χ0) is 32.2. The van der Waals surface area contributed by atoms with E-state index in [9.17, 15) is 49.1 Å². The lowest BCUT2D eigenvalue weighted by atomic mass is 10.1. The first kappa shape index (κ1) is 32.4. The Labute approximate surface area is 240 Å². The van der Waals surface area contributed by atoms with E-state index >= 15 is 0 Å². The van der Waals surface area contributed by atoms with Gasteiger partial charge >= 0.3 is 19.0 Å². The number of pyridine rings is 1. The van der Waals surface area contributed by atoms with E-state index < -0.39 is 65.4 Å². The van der Waals surface area contributed by atoms with Gasteiger partial charge in [-0.05, 0) is 42.8 Å². The van der Waals surface area contributed by atoms with Crippen LogP contribution in [0.25, 0.3) is 22.2 Å². The Bertz CT molecular complexity index is 1720. The lowest BCUT2D eigenvalue weighted by molar-refractivity contribution is -0.139. The largest absolute Gasteiger partial charge is 0.423 e. The lowest BCUT2D eigenvalue weighted by Crippen LogP contribution is -2.29. The highest BCUT2D eigenvalue weighted by atomic mass is 19.4. The van der Waals surface area contributed by atoms with Gasteiger partial charge < -0.3 is 14.6 Å². The Balaban J connectivity index is 1.52. The molecule has 0 radical (unpaired) electrons. The minimum Gasteiger partial charge on any atom is -0.380 e. The summed E-state index contributed by atoms with van der Waals surface area (Å²) in [6, 6.07) is 2.61. The fourth-order valence-electron chi connectivity index (χ4n) is 4.37. The highest BCUT2D eigenvalue weighted by Crippen LogP contribution is 2.32. The second kappa shape index (κ2) is 13.0. The second-order valence-corrected chi connectivity index (χ2v) is 9.42. The Hall–Kier alpha value is -4.48. The van der Waals surface area contributed by atoms with E-state index in [0.29, 0.717) is 12.4 Å². The summed E-state index contributed by atoms with van der Waals surface area (Å²) in [6.07, 6.45) is -6.69. The minimum absolute atomic E-state index is 0.0200. The standard InChI is InChI=1S/C26H21F9N6O3/c27-18-9-16-13(8-17(18)21-36-10-14(11-37-21)25(30,31)32)3-6-41(23(16)43)5-1-2-15(4-7-44-24(28)29)39-19-12-38-40-22(42)20(19)26(33,34)35/h3,6,8-12,15,24H,1-2,4-5,7H2,(H2,39,40,42)/t15-/m1/s1. The summed E-state index contributed by atoms with van der Waals surface area (Å²) < 4.78 is 124. The van der Waals surface area contributed by atoms with Gasteiger partial charge in [-0.25, -0.2) is 19.5 Å². The monoisotopic (exact) mass is 636 g/mol. The van der Waals surface area contributed by atoms with Crippen molar-refractivity contribution in [3.63, 3.8) is 0 Å². The van der Waals surface area contributed by atoms with E-state index in [1.54, 1.807) is 5.10 Å². The molecule has 4 aromatic rings. The molecule has 0 saturated carbocycles. The highest BCUT2D eigenvalue weighted by Gasteiger charge is 2.38. The molecule has 0 unspecified atom stereocenters. The van der Waals surface area contributed by atoms with Crippen molar-refractivity contribution < 1.29 is 44.3 Å². The van der Waals surface area contributed by atoms with Gasteiger partial charge in [-0.15, -0.1) is 0 Å².